The van der Waals surface area contributed by atoms with E-state index in [2.05, 4.69) is 11.4 Å². The SMILES string of the molecule is N#Cc1c(NC(=O)CCCC(=O)[O-])sc2c1CCCCC2. The summed E-state index contributed by atoms with van der Waals surface area (Å²) >= 11 is 1.48. The first-order valence-corrected chi connectivity index (χ1v) is 7.97. The molecule has 0 bridgehead atoms. The van der Waals surface area contributed by atoms with Gasteiger partial charge in [0.2, 0.25) is 5.91 Å². The molecule has 0 aliphatic heterocycles. The van der Waals surface area contributed by atoms with E-state index in [0.717, 1.165) is 31.2 Å². The number of nitriles is 1. The Hall–Kier alpha value is -1.87. The van der Waals surface area contributed by atoms with Crippen LogP contribution in [-0.4, -0.2) is 11.9 Å². The fourth-order valence-corrected chi connectivity index (χ4v) is 3.79. The maximum atomic E-state index is 11.8. The molecule has 5 nitrogen and oxygen atoms in total. The van der Waals surface area contributed by atoms with Crippen molar-refractivity contribution in [2.24, 2.45) is 0 Å². The zero-order chi connectivity index (χ0) is 15.2. The third-order valence-electron chi connectivity index (χ3n) is 3.57. The van der Waals surface area contributed by atoms with Gasteiger partial charge in [-0.3, -0.25) is 4.79 Å². The minimum absolute atomic E-state index is 0.126. The summed E-state index contributed by atoms with van der Waals surface area (Å²) in [6.07, 6.45) is 5.50. The summed E-state index contributed by atoms with van der Waals surface area (Å²) in [6, 6.07) is 2.20. The highest BCUT2D eigenvalue weighted by Crippen LogP contribution is 2.37. The molecule has 112 valence electrons. The molecule has 0 radical (unpaired) electrons. The van der Waals surface area contributed by atoms with Crippen LogP contribution in [0.3, 0.4) is 0 Å². The first-order chi connectivity index (χ1) is 10.1. The van der Waals surface area contributed by atoms with Crippen molar-refractivity contribution in [3.8, 4) is 6.07 Å². The predicted octanol–water partition coefficient (Wildman–Crippen LogP) is 1.75. The van der Waals surface area contributed by atoms with Crippen LogP contribution in [0.25, 0.3) is 0 Å². The fourth-order valence-electron chi connectivity index (χ4n) is 2.53. The van der Waals surface area contributed by atoms with Crippen molar-refractivity contribution in [1.82, 2.24) is 0 Å². The van der Waals surface area contributed by atoms with Gasteiger partial charge in [0, 0.05) is 17.3 Å². The second kappa shape index (κ2) is 7.23. The lowest BCUT2D eigenvalue weighted by Gasteiger charge is -2.04. The molecule has 0 saturated heterocycles. The van der Waals surface area contributed by atoms with Crippen molar-refractivity contribution in [2.75, 3.05) is 5.32 Å². The Morgan fingerprint density at radius 3 is 2.71 bits per heavy atom. The highest BCUT2D eigenvalue weighted by atomic mass is 32.1. The van der Waals surface area contributed by atoms with E-state index in [4.69, 9.17) is 0 Å². The zero-order valence-corrected chi connectivity index (χ0v) is 12.6. The molecule has 0 atom stereocenters. The number of fused-ring (bicyclic) bond motifs is 1. The van der Waals surface area contributed by atoms with Gasteiger partial charge in [-0.1, -0.05) is 6.42 Å². The Labute approximate surface area is 127 Å². The number of carbonyl (C=O) groups excluding carboxylic acids is 2. The van der Waals surface area contributed by atoms with Crippen molar-refractivity contribution in [1.29, 1.82) is 5.26 Å². The van der Waals surface area contributed by atoms with Gasteiger partial charge in [-0.05, 0) is 44.1 Å². The van der Waals surface area contributed by atoms with Gasteiger partial charge in [-0.25, -0.2) is 0 Å². The van der Waals surface area contributed by atoms with Gasteiger partial charge in [-0.15, -0.1) is 11.3 Å². The molecule has 1 heterocycles. The highest BCUT2D eigenvalue weighted by molar-refractivity contribution is 7.16. The van der Waals surface area contributed by atoms with Crippen LogP contribution < -0.4 is 10.4 Å². The van der Waals surface area contributed by atoms with E-state index in [9.17, 15) is 20.0 Å². The molecule has 0 saturated carbocycles. The van der Waals surface area contributed by atoms with Crippen molar-refractivity contribution in [3.63, 3.8) is 0 Å². The third kappa shape index (κ3) is 4.05. The topological polar surface area (TPSA) is 93.0 Å². The van der Waals surface area contributed by atoms with Crippen LogP contribution in [0.4, 0.5) is 5.00 Å². The molecule has 0 aromatic carbocycles. The average Bonchev–Trinajstić information content (AvgIpc) is 2.59. The van der Waals surface area contributed by atoms with Crippen molar-refractivity contribution in [2.45, 2.75) is 51.4 Å². The van der Waals surface area contributed by atoms with Crippen LogP contribution in [0.15, 0.2) is 0 Å². The maximum absolute atomic E-state index is 11.8. The molecular weight excluding hydrogens is 288 g/mol. The summed E-state index contributed by atoms with van der Waals surface area (Å²) in [5, 5.41) is 23.0. The van der Waals surface area contributed by atoms with E-state index in [1.165, 1.54) is 22.6 Å². The number of hydrogen-bond donors (Lipinski definition) is 1. The monoisotopic (exact) mass is 305 g/mol. The number of anilines is 1. The summed E-state index contributed by atoms with van der Waals surface area (Å²) in [5.74, 6) is -1.40. The molecule has 0 spiro atoms. The number of rotatable bonds is 5. The summed E-state index contributed by atoms with van der Waals surface area (Å²) in [7, 11) is 0. The molecule has 1 aliphatic rings. The number of carboxylic acid groups (broad SMARTS) is 1. The second-order valence-corrected chi connectivity index (χ2v) is 6.26. The molecule has 0 fully saturated rings. The first kappa shape index (κ1) is 15.5. The number of nitrogens with one attached hydrogen (secondary N) is 1. The minimum atomic E-state index is -1.15. The molecule has 21 heavy (non-hydrogen) atoms. The number of hydrogen-bond acceptors (Lipinski definition) is 5. The summed E-state index contributed by atoms with van der Waals surface area (Å²) in [5.41, 5.74) is 1.68. The summed E-state index contributed by atoms with van der Waals surface area (Å²) < 4.78 is 0. The molecule has 1 aromatic rings. The van der Waals surface area contributed by atoms with E-state index in [0.29, 0.717) is 10.6 Å². The number of carboxylic acids is 1. The van der Waals surface area contributed by atoms with Crippen molar-refractivity contribution >= 4 is 28.2 Å². The molecule has 1 aliphatic carbocycles. The Bertz CT molecular complexity index is 586. The lowest BCUT2D eigenvalue weighted by atomic mass is 10.1. The van der Waals surface area contributed by atoms with Crippen molar-refractivity contribution in [3.05, 3.63) is 16.0 Å². The van der Waals surface area contributed by atoms with Crippen LogP contribution in [0.1, 0.15) is 54.5 Å². The lowest BCUT2D eigenvalue weighted by Crippen LogP contribution is -2.22. The minimum Gasteiger partial charge on any atom is -0.550 e. The largest absolute Gasteiger partial charge is 0.550 e. The molecule has 6 heteroatoms. The highest BCUT2D eigenvalue weighted by Gasteiger charge is 2.20. The van der Waals surface area contributed by atoms with Crippen LogP contribution in [-0.2, 0) is 22.4 Å². The fraction of sp³-hybridized carbons (Fsp3) is 0.533. The van der Waals surface area contributed by atoms with E-state index >= 15 is 0 Å². The summed E-state index contributed by atoms with van der Waals surface area (Å²) in [6.45, 7) is 0. The average molecular weight is 305 g/mol. The van der Waals surface area contributed by atoms with Gasteiger partial charge < -0.3 is 15.2 Å². The molecule has 1 aromatic heterocycles. The van der Waals surface area contributed by atoms with Gasteiger partial charge >= 0.3 is 0 Å². The number of aliphatic carboxylic acids is 1. The van der Waals surface area contributed by atoms with Crippen LogP contribution in [0, 0.1) is 11.3 Å². The Kier molecular flexibility index (Phi) is 5.34. The Balaban J connectivity index is 2.05. The molecular formula is C15H17N2O3S-. The Morgan fingerprint density at radius 1 is 1.24 bits per heavy atom. The number of nitrogens with zero attached hydrogens (tertiary/aromatic N) is 1. The van der Waals surface area contributed by atoms with Crippen molar-refractivity contribution < 1.29 is 14.7 Å². The van der Waals surface area contributed by atoms with Gasteiger partial charge in [0.15, 0.2) is 0 Å². The zero-order valence-electron chi connectivity index (χ0n) is 11.7. The number of carbonyl (C=O) groups is 2. The smallest absolute Gasteiger partial charge is 0.225 e. The van der Waals surface area contributed by atoms with E-state index < -0.39 is 5.97 Å². The lowest BCUT2D eigenvalue weighted by molar-refractivity contribution is -0.305. The van der Waals surface area contributed by atoms with E-state index in [-0.39, 0.29) is 25.2 Å². The molecule has 2 rings (SSSR count). The number of amides is 1. The predicted molar refractivity (Wildman–Crippen MR) is 77.8 cm³/mol. The molecule has 0 unspecified atom stereocenters. The molecule has 1 N–H and O–H groups in total. The van der Waals surface area contributed by atoms with Crippen LogP contribution >= 0.6 is 11.3 Å². The number of aryl methyl sites for hydroxylation is 1. The normalized spacial score (nSPS) is 13.9. The second-order valence-electron chi connectivity index (χ2n) is 5.15. The van der Waals surface area contributed by atoms with Gasteiger partial charge in [-0.2, -0.15) is 5.26 Å². The van der Waals surface area contributed by atoms with Crippen LogP contribution in [0.2, 0.25) is 0 Å². The van der Waals surface area contributed by atoms with Gasteiger partial charge in [0.1, 0.15) is 11.1 Å². The molecule has 1 amide bonds. The van der Waals surface area contributed by atoms with E-state index in [1.807, 2.05) is 0 Å². The third-order valence-corrected chi connectivity index (χ3v) is 4.78. The Morgan fingerprint density at radius 2 is 2.00 bits per heavy atom. The quantitative estimate of drug-likeness (QED) is 0.839. The first-order valence-electron chi connectivity index (χ1n) is 7.16. The standard InChI is InChI=1S/C15H18N2O3S/c16-9-11-10-5-2-1-3-6-12(10)21-15(11)17-13(18)7-4-8-14(19)20/h1-8H2,(H,17,18)(H,19,20)/p-1. The van der Waals surface area contributed by atoms with E-state index in [1.54, 1.807) is 0 Å². The maximum Gasteiger partial charge on any atom is 0.225 e. The van der Waals surface area contributed by atoms with Crippen LogP contribution in [0.5, 0.6) is 0 Å². The summed E-state index contributed by atoms with van der Waals surface area (Å²) in [4.78, 5) is 23.3. The number of thiophene rings is 1. The van der Waals surface area contributed by atoms with Gasteiger partial charge in [0.05, 0.1) is 5.56 Å². The van der Waals surface area contributed by atoms with Gasteiger partial charge in [0.25, 0.3) is 0 Å².